The van der Waals surface area contributed by atoms with Crippen LogP contribution < -0.4 is 0 Å². The summed E-state index contributed by atoms with van der Waals surface area (Å²) in [5.41, 5.74) is 1.61. The molecule has 116 valence electrons. The summed E-state index contributed by atoms with van der Waals surface area (Å²) in [6, 6.07) is 1.82. The SMILES string of the molecule is CC(C)COCCCn1c(C(C)Cl)nc2cc(Cl)cnc21. The number of aryl methyl sites for hydroxylation is 1. The van der Waals surface area contributed by atoms with E-state index in [2.05, 4.69) is 28.4 Å². The van der Waals surface area contributed by atoms with Crippen LogP contribution in [-0.2, 0) is 11.3 Å². The van der Waals surface area contributed by atoms with E-state index in [-0.39, 0.29) is 5.38 Å². The number of nitrogens with zero attached hydrogens (tertiary/aromatic N) is 3. The molecule has 0 saturated carbocycles. The molecular formula is C15H21Cl2N3O. The molecule has 0 N–H and O–H groups in total. The van der Waals surface area contributed by atoms with Crippen LogP contribution >= 0.6 is 23.2 Å². The van der Waals surface area contributed by atoms with E-state index >= 15 is 0 Å². The summed E-state index contributed by atoms with van der Waals surface area (Å²) >= 11 is 12.2. The van der Waals surface area contributed by atoms with Gasteiger partial charge in [0.05, 0.1) is 10.4 Å². The maximum absolute atomic E-state index is 6.23. The van der Waals surface area contributed by atoms with Crippen LogP contribution in [0.15, 0.2) is 12.3 Å². The van der Waals surface area contributed by atoms with E-state index < -0.39 is 0 Å². The topological polar surface area (TPSA) is 39.9 Å². The first-order valence-corrected chi connectivity index (χ1v) is 8.04. The van der Waals surface area contributed by atoms with Crippen LogP contribution in [0.5, 0.6) is 0 Å². The van der Waals surface area contributed by atoms with E-state index in [4.69, 9.17) is 27.9 Å². The zero-order chi connectivity index (χ0) is 15.4. The highest BCUT2D eigenvalue weighted by Crippen LogP contribution is 2.25. The molecule has 0 saturated heterocycles. The first-order valence-electron chi connectivity index (χ1n) is 7.22. The van der Waals surface area contributed by atoms with Crippen molar-refractivity contribution in [2.75, 3.05) is 13.2 Å². The number of hydrogen-bond acceptors (Lipinski definition) is 3. The predicted octanol–water partition coefficient (Wildman–Crippen LogP) is 4.45. The van der Waals surface area contributed by atoms with Crippen molar-refractivity contribution >= 4 is 34.4 Å². The van der Waals surface area contributed by atoms with Crippen molar-refractivity contribution < 1.29 is 4.74 Å². The van der Waals surface area contributed by atoms with Gasteiger partial charge in [0.2, 0.25) is 0 Å². The van der Waals surface area contributed by atoms with Crippen molar-refractivity contribution in [3.05, 3.63) is 23.1 Å². The number of rotatable bonds is 7. The van der Waals surface area contributed by atoms with Gasteiger partial charge in [0.1, 0.15) is 11.3 Å². The highest BCUT2D eigenvalue weighted by Gasteiger charge is 2.15. The number of ether oxygens (including phenoxy) is 1. The molecule has 4 nitrogen and oxygen atoms in total. The van der Waals surface area contributed by atoms with Crippen molar-refractivity contribution in [1.29, 1.82) is 0 Å². The van der Waals surface area contributed by atoms with Gasteiger partial charge in [-0.05, 0) is 25.3 Å². The lowest BCUT2D eigenvalue weighted by Crippen LogP contribution is -2.09. The average molecular weight is 330 g/mol. The fourth-order valence-corrected chi connectivity index (χ4v) is 2.49. The maximum atomic E-state index is 6.23. The molecule has 0 fully saturated rings. The van der Waals surface area contributed by atoms with Crippen LogP contribution in [0.3, 0.4) is 0 Å². The Morgan fingerprint density at radius 2 is 2.10 bits per heavy atom. The monoisotopic (exact) mass is 329 g/mol. The third-order valence-corrected chi connectivity index (χ3v) is 3.46. The van der Waals surface area contributed by atoms with Crippen LogP contribution in [0.25, 0.3) is 11.2 Å². The molecule has 21 heavy (non-hydrogen) atoms. The Labute approximate surface area is 135 Å². The lowest BCUT2D eigenvalue weighted by Gasteiger charge is -2.11. The third-order valence-electron chi connectivity index (χ3n) is 3.06. The molecular weight excluding hydrogens is 309 g/mol. The Balaban J connectivity index is 2.11. The number of pyridine rings is 1. The number of fused-ring (bicyclic) bond motifs is 1. The third kappa shape index (κ3) is 4.31. The number of halogens is 2. The van der Waals surface area contributed by atoms with Crippen molar-refractivity contribution in [1.82, 2.24) is 14.5 Å². The fraction of sp³-hybridized carbons (Fsp3) is 0.600. The molecule has 2 aromatic rings. The summed E-state index contributed by atoms with van der Waals surface area (Å²) in [5, 5.41) is 0.413. The maximum Gasteiger partial charge on any atom is 0.160 e. The molecule has 0 radical (unpaired) electrons. The molecule has 1 atom stereocenters. The van der Waals surface area contributed by atoms with Crippen molar-refractivity contribution in [3.63, 3.8) is 0 Å². The molecule has 1 unspecified atom stereocenters. The van der Waals surface area contributed by atoms with Crippen LogP contribution in [0.2, 0.25) is 5.02 Å². The summed E-state index contributed by atoms with van der Waals surface area (Å²) in [7, 11) is 0. The van der Waals surface area contributed by atoms with Crippen LogP contribution in [-0.4, -0.2) is 27.7 Å². The van der Waals surface area contributed by atoms with Gasteiger partial charge in [-0.25, -0.2) is 9.97 Å². The van der Waals surface area contributed by atoms with Gasteiger partial charge in [-0.15, -0.1) is 11.6 Å². The Bertz CT molecular complexity index is 596. The molecule has 0 bridgehead atoms. The number of aromatic nitrogens is 3. The molecule has 2 rings (SSSR count). The Kier molecular flexibility index (Phi) is 5.85. The number of alkyl halides is 1. The van der Waals surface area contributed by atoms with E-state index in [1.54, 1.807) is 6.20 Å². The second-order valence-electron chi connectivity index (χ2n) is 5.56. The molecule has 0 aliphatic carbocycles. The van der Waals surface area contributed by atoms with Gasteiger partial charge in [-0.3, -0.25) is 0 Å². The van der Waals surface area contributed by atoms with Gasteiger partial charge in [-0.1, -0.05) is 25.4 Å². The fourth-order valence-electron chi connectivity index (χ4n) is 2.17. The summed E-state index contributed by atoms with van der Waals surface area (Å²) in [6.07, 6.45) is 2.54. The minimum absolute atomic E-state index is 0.172. The number of imidazole rings is 1. The molecule has 0 amide bonds. The average Bonchev–Trinajstić information content (AvgIpc) is 2.76. The quantitative estimate of drug-likeness (QED) is 0.556. The summed E-state index contributed by atoms with van der Waals surface area (Å²) < 4.78 is 7.67. The van der Waals surface area contributed by atoms with Crippen LogP contribution in [0.1, 0.15) is 38.4 Å². The summed E-state index contributed by atoms with van der Waals surface area (Å²) in [5.74, 6) is 1.38. The minimum atomic E-state index is -0.172. The van der Waals surface area contributed by atoms with Gasteiger partial charge in [-0.2, -0.15) is 0 Å². The Morgan fingerprint density at radius 3 is 2.76 bits per heavy atom. The normalized spacial score (nSPS) is 13.2. The van der Waals surface area contributed by atoms with Gasteiger partial charge in [0, 0.05) is 26.0 Å². The van der Waals surface area contributed by atoms with Gasteiger partial charge < -0.3 is 9.30 Å². The lowest BCUT2D eigenvalue weighted by atomic mass is 10.2. The van der Waals surface area contributed by atoms with Crippen molar-refractivity contribution in [2.45, 2.75) is 39.1 Å². The van der Waals surface area contributed by atoms with Gasteiger partial charge in [0.15, 0.2) is 5.65 Å². The lowest BCUT2D eigenvalue weighted by molar-refractivity contribution is 0.105. The smallest absolute Gasteiger partial charge is 0.160 e. The zero-order valence-electron chi connectivity index (χ0n) is 12.6. The first-order chi connectivity index (χ1) is 9.99. The Hall–Kier alpha value is -0.840. The first kappa shape index (κ1) is 16.5. The largest absolute Gasteiger partial charge is 0.381 e. The van der Waals surface area contributed by atoms with E-state index in [1.165, 1.54) is 0 Å². The Morgan fingerprint density at radius 1 is 1.33 bits per heavy atom. The molecule has 0 aromatic carbocycles. The van der Waals surface area contributed by atoms with E-state index in [0.29, 0.717) is 10.9 Å². The molecule has 2 heterocycles. The molecule has 0 aliphatic heterocycles. The highest BCUT2D eigenvalue weighted by molar-refractivity contribution is 6.31. The van der Waals surface area contributed by atoms with E-state index in [1.807, 2.05) is 13.0 Å². The van der Waals surface area contributed by atoms with Gasteiger partial charge in [0.25, 0.3) is 0 Å². The van der Waals surface area contributed by atoms with Crippen LogP contribution in [0.4, 0.5) is 0 Å². The van der Waals surface area contributed by atoms with Crippen LogP contribution in [0, 0.1) is 5.92 Å². The van der Waals surface area contributed by atoms with E-state index in [0.717, 1.165) is 43.2 Å². The van der Waals surface area contributed by atoms with Crippen molar-refractivity contribution in [2.24, 2.45) is 5.92 Å². The molecule has 0 aliphatic rings. The number of hydrogen-bond donors (Lipinski definition) is 0. The molecule has 0 spiro atoms. The zero-order valence-corrected chi connectivity index (χ0v) is 14.2. The molecule has 2 aromatic heterocycles. The summed E-state index contributed by atoms with van der Waals surface area (Å²) in [6.45, 7) is 8.50. The van der Waals surface area contributed by atoms with Gasteiger partial charge >= 0.3 is 0 Å². The molecule has 6 heteroatoms. The van der Waals surface area contributed by atoms with Crippen molar-refractivity contribution in [3.8, 4) is 0 Å². The van der Waals surface area contributed by atoms with E-state index in [9.17, 15) is 0 Å². The second-order valence-corrected chi connectivity index (χ2v) is 6.65. The predicted molar refractivity (Wildman–Crippen MR) is 87.1 cm³/mol. The standard InChI is InChI=1S/C15H21Cl2N3O/c1-10(2)9-21-6-4-5-20-14(11(3)16)19-13-7-12(17)8-18-15(13)20/h7-8,10-11H,4-6,9H2,1-3H3. The summed E-state index contributed by atoms with van der Waals surface area (Å²) in [4.78, 5) is 8.92. The highest BCUT2D eigenvalue weighted by atomic mass is 35.5. The second kappa shape index (κ2) is 7.43. The minimum Gasteiger partial charge on any atom is -0.381 e.